The molecular formula is C22H24ClN3O. The van der Waals surface area contributed by atoms with Gasteiger partial charge in [0.2, 0.25) is 5.88 Å². The molecule has 0 aliphatic heterocycles. The van der Waals surface area contributed by atoms with Gasteiger partial charge in [0.05, 0.1) is 0 Å². The Morgan fingerprint density at radius 1 is 0.815 bits per heavy atom. The highest BCUT2D eigenvalue weighted by Gasteiger charge is 2.15. The quantitative estimate of drug-likeness (QED) is 0.579. The normalized spacial score (nSPS) is 14.2. The first kappa shape index (κ1) is 19.2. The third-order valence-corrected chi connectivity index (χ3v) is 4.66. The van der Waals surface area contributed by atoms with Crippen LogP contribution in [0, 0.1) is 0 Å². The number of para-hydroxylation sites is 1. The molecule has 27 heavy (non-hydrogen) atoms. The molecule has 5 heteroatoms. The number of hydrogen-bond donors (Lipinski definition) is 1. The number of halogens is 1. The van der Waals surface area contributed by atoms with Crippen LogP contribution in [0.2, 0.25) is 0 Å². The SMILES string of the molecule is Cl.c1ccc(Oc2cc(NC3CCCCC3)nc(-c3ccccc3)n2)cc1. The maximum Gasteiger partial charge on any atom is 0.224 e. The van der Waals surface area contributed by atoms with Crippen LogP contribution in [-0.2, 0) is 0 Å². The van der Waals surface area contributed by atoms with Gasteiger partial charge in [0.15, 0.2) is 5.82 Å². The molecule has 0 unspecified atom stereocenters. The number of benzene rings is 2. The van der Waals surface area contributed by atoms with Crippen molar-refractivity contribution in [1.82, 2.24) is 9.97 Å². The number of nitrogens with one attached hydrogen (secondary N) is 1. The highest BCUT2D eigenvalue weighted by atomic mass is 35.5. The fourth-order valence-electron chi connectivity index (χ4n) is 3.33. The van der Waals surface area contributed by atoms with E-state index in [-0.39, 0.29) is 12.4 Å². The summed E-state index contributed by atoms with van der Waals surface area (Å²) in [4.78, 5) is 9.36. The van der Waals surface area contributed by atoms with E-state index in [0.717, 1.165) is 17.1 Å². The molecule has 0 radical (unpaired) electrons. The first-order valence-electron chi connectivity index (χ1n) is 9.31. The van der Waals surface area contributed by atoms with Gasteiger partial charge in [-0.15, -0.1) is 12.4 Å². The Morgan fingerprint density at radius 2 is 1.48 bits per heavy atom. The van der Waals surface area contributed by atoms with E-state index in [1.54, 1.807) is 0 Å². The predicted molar refractivity (Wildman–Crippen MR) is 112 cm³/mol. The summed E-state index contributed by atoms with van der Waals surface area (Å²) in [6, 6.07) is 22.1. The molecule has 1 N–H and O–H groups in total. The molecule has 0 amide bonds. The summed E-state index contributed by atoms with van der Waals surface area (Å²) in [5.41, 5.74) is 0.984. The molecule has 4 rings (SSSR count). The lowest BCUT2D eigenvalue weighted by Crippen LogP contribution is -2.23. The van der Waals surface area contributed by atoms with Gasteiger partial charge in [-0.1, -0.05) is 67.8 Å². The molecule has 1 aliphatic rings. The zero-order valence-electron chi connectivity index (χ0n) is 15.2. The number of aromatic nitrogens is 2. The van der Waals surface area contributed by atoms with Gasteiger partial charge in [0, 0.05) is 17.7 Å². The Morgan fingerprint density at radius 3 is 2.19 bits per heavy atom. The van der Waals surface area contributed by atoms with Gasteiger partial charge in [-0.25, -0.2) is 4.98 Å². The van der Waals surface area contributed by atoms with Crippen molar-refractivity contribution in [1.29, 1.82) is 0 Å². The summed E-state index contributed by atoms with van der Waals surface area (Å²) in [6.07, 6.45) is 6.28. The second-order valence-electron chi connectivity index (χ2n) is 6.68. The minimum Gasteiger partial charge on any atom is -0.439 e. The summed E-state index contributed by atoms with van der Waals surface area (Å²) in [6.45, 7) is 0. The van der Waals surface area contributed by atoms with E-state index in [1.165, 1.54) is 32.1 Å². The minimum absolute atomic E-state index is 0. The van der Waals surface area contributed by atoms with Crippen LogP contribution < -0.4 is 10.1 Å². The van der Waals surface area contributed by atoms with E-state index < -0.39 is 0 Å². The first-order chi connectivity index (χ1) is 12.9. The summed E-state index contributed by atoms with van der Waals surface area (Å²) in [5, 5.41) is 3.59. The summed E-state index contributed by atoms with van der Waals surface area (Å²) in [5.74, 6) is 2.84. The lowest BCUT2D eigenvalue weighted by atomic mass is 9.95. The van der Waals surface area contributed by atoms with Crippen LogP contribution >= 0.6 is 12.4 Å². The van der Waals surface area contributed by atoms with Crippen LogP contribution in [0.5, 0.6) is 11.6 Å². The van der Waals surface area contributed by atoms with Crippen LogP contribution in [0.25, 0.3) is 11.4 Å². The summed E-state index contributed by atoms with van der Waals surface area (Å²) in [7, 11) is 0. The highest BCUT2D eigenvalue weighted by Crippen LogP contribution is 2.27. The molecule has 2 aromatic carbocycles. The molecule has 1 heterocycles. The van der Waals surface area contributed by atoms with E-state index in [2.05, 4.69) is 10.3 Å². The number of rotatable bonds is 5. The molecule has 1 saturated carbocycles. The van der Waals surface area contributed by atoms with E-state index in [0.29, 0.717) is 17.7 Å². The lowest BCUT2D eigenvalue weighted by Gasteiger charge is -2.23. The van der Waals surface area contributed by atoms with Crippen LogP contribution in [-0.4, -0.2) is 16.0 Å². The van der Waals surface area contributed by atoms with Crippen molar-refractivity contribution in [2.45, 2.75) is 38.1 Å². The van der Waals surface area contributed by atoms with Gasteiger partial charge in [0.1, 0.15) is 11.6 Å². The van der Waals surface area contributed by atoms with Crippen molar-refractivity contribution in [2.75, 3.05) is 5.32 Å². The standard InChI is InChI=1S/C22H23N3O.ClH/c1-4-10-17(11-5-1)22-24-20(23-18-12-6-2-7-13-18)16-21(25-22)26-19-14-8-3-9-15-19;/h1,3-5,8-11,14-16,18H,2,6-7,12-13H2,(H,23,24,25);1H. The zero-order valence-corrected chi connectivity index (χ0v) is 16.0. The average Bonchev–Trinajstić information content (AvgIpc) is 2.70. The van der Waals surface area contributed by atoms with Gasteiger partial charge in [0.25, 0.3) is 0 Å². The maximum absolute atomic E-state index is 5.98. The second kappa shape index (κ2) is 9.38. The van der Waals surface area contributed by atoms with Gasteiger partial charge < -0.3 is 10.1 Å². The van der Waals surface area contributed by atoms with E-state index in [1.807, 2.05) is 66.7 Å². The second-order valence-corrected chi connectivity index (χ2v) is 6.68. The number of ether oxygens (including phenoxy) is 1. The molecule has 1 fully saturated rings. The van der Waals surface area contributed by atoms with E-state index in [4.69, 9.17) is 9.72 Å². The van der Waals surface area contributed by atoms with Crippen LogP contribution in [0.15, 0.2) is 66.7 Å². The van der Waals surface area contributed by atoms with Crippen LogP contribution in [0.4, 0.5) is 5.82 Å². The smallest absolute Gasteiger partial charge is 0.224 e. The van der Waals surface area contributed by atoms with Gasteiger partial charge in [-0.05, 0) is 25.0 Å². The Labute approximate surface area is 166 Å². The van der Waals surface area contributed by atoms with Crippen molar-refractivity contribution < 1.29 is 4.74 Å². The Balaban J connectivity index is 0.00000210. The molecule has 0 bridgehead atoms. The van der Waals surface area contributed by atoms with Gasteiger partial charge in [-0.2, -0.15) is 4.98 Å². The topological polar surface area (TPSA) is 47.0 Å². The fourth-order valence-corrected chi connectivity index (χ4v) is 3.33. The Kier molecular flexibility index (Phi) is 6.66. The largest absolute Gasteiger partial charge is 0.439 e. The summed E-state index contributed by atoms with van der Waals surface area (Å²) >= 11 is 0. The molecule has 4 nitrogen and oxygen atoms in total. The molecule has 140 valence electrons. The van der Waals surface area contributed by atoms with E-state index in [9.17, 15) is 0 Å². The van der Waals surface area contributed by atoms with Crippen molar-refractivity contribution in [3.8, 4) is 23.0 Å². The Bertz CT molecular complexity index is 837. The third kappa shape index (κ3) is 5.20. The maximum atomic E-state index is 5.98. The lowest BCUT2D eigenvalue weighted by molar-refractivity contribution is 0.456. The molecule has 0 atom stereocenters. The predicted octanol–water partition coefficient (Wildman–Crippen LogP) is 6.10. The van der Waals surface area contributed by atoms with Crippen molar-refractivity contribution in [3.05, 3.63) is 66.7 Å². The monoisotopic (exact) mass is 381 g/mol. The number of hydrogen-bond acceptors (Lipinski definition) is 4. The zero-order chi connectivity index (χ0) is 17.6. The van der Waals surface area contributed by atoms with Crippen LogP contribution in [0.1, 0.15) is 32.1 Å². The van der Waals surface area contributed by atoms with Crippen LogP contribution in [0.3, 0.4) is 0 Å². The molecule has 0 saturated heterocycles. The molecule has 1 aromatic heterocycles. The molecule has 3 aromatic rings. The van der Waals surface area contributed by atoms with Gasteiger partial charge >= 0.3 is 0 Å². The summed E-state index contributed by atoms with van der Waals surface area (Å²) < 4.78 is 5.98. The number of anilines is 1. The Hall–Kier alpha value is -2.59. The van der Waals surface area contributed by atoms with Crippen molar-refractivity contribution >= 4 is 18.2 Å². The highest BCUT2D eigenvalue weighted by molar-refractivity contribution is 5.85. The first-order valence-corrected chi connectivity index (χ1v) is 9.31. The minimum atomic E-state index is 0. The average molecular weight is 382 g/mol. The fraction of sp³-hybridized carbons (Fsp3) is 0.273. The molecular weight excluding hydrogens is 358 g/mol. The number of nitrogens with zero attached hydrogens (tertiary/aromatic N) is 2. The van der Waals surface area contributed by atoms with Crippen molar-refractivity contribution in [2.24, 2.45) is 0 Å². The van der Waals surface area contributed by atoms with Crippen molar-refractivity contribution in [3.63, 3.8) is 0 Å². The molecule has 1 aliphatic carbocycles. The molecule has 0 spiro atoms. The third-order valence-electron chi connectivity index (χ3n) is 4.66. The van der Waals surface area contributed by atoms with Gasteiger partial charge in [-0.3, -0.25) is 0 Å². The van der Waals surface area contributed by atoms with E-state index >= 15 is 0 Å².